The van der Waals surface area contributed by atoms with Crippen LogP contribution in [-0.2, 0) is 10.0 Å². The minimum atomic E-state index is -3.42. The van der Waals surface area contributed by atoms with Crippen molar-refractivity contribution in [1.82, 2.24) is 18.8 Å². The third kappa shape index (κ3) is 3.68. The Morgan fingerprint density at radius 1 is 0.967 bits per heavy atom. The minimum Gasteiger partial charge on any atom is -0.309 e. The highest BCUT2D eigenvalue weighted by molar-refractivity contribution is 7.92. The number of aromatic nitrogens is 3. The van der Waals surface area contributed by atoms with Gasteiger partial charge in [-0.25, -0.2) is 18.4 Å². The van der Waals surface area contributed by atoms with Gasteiger partial charge in [-0.1, -0.05) is 36.8 Å². The van der Waals surface area contributed by atoms with Gasteiger partial charge in [0, 0.05) is 36.7 Å². The van der Waals surface area contributed by atoms with Crippen LogP contribution in [0.3, 0.4) is 0 Å². The van der Waals surface area contributed by atoms with Gasteiger partial charge in [0.25, 0.3) is 0 Å². The van der Waals surface area contributed by atoms with Gasteiger partial charge in [0.15, 0.2) is 5.65 Å². The minimum absolute atomic E-state index is 0.241. The van der Waals surface area contributed by atoms with E-state index in [4.69, 9.17) is 4.98 Å². The van der Waals surface area contributed by atoms with E-state index in [9.17, 15) is 8.42 Å². The molecule has 1 saturated heterocycles. The smallest absolute Gasteiger partial charge is 0.236 e. The van der Waals surface area contributed by atoms with E-state index in [1.54, 1.807) is 10.4 Å². The molecule has 0 atom stereocenters. The second kappa shape index (κ2) is 7.96. The molecule has 1 aliphatic heterocycles. The number of benzene rings is 1. The van der Waals surface area contributed by atoms with Gasteiger partial charge in [-0.3, -0.25) is 0 Å². The lowest BCUT2D eigenvalue weighted by Crippen LogP contribution is -2.38. The van der Waals surface area contributed by atoms with Crippen molar-refractivity contribution in [3.8, 4) is 0 Å². The first-order chi connectivity index (χ1) is 14.6. The average Bonchev–Trinajstić information content (AvgIpc) is 3.10. The fourth-order valence-corrected chi connectivity index (χ4v) is 5.65. The number of piperidine rings is 1. The van der Waals surface area contributed by atoms with Gasteiger partial charge in [-0.15, -0.1) is 0 Å². The fourth-order valence-electron chi connectivity index (χ4n) is 4.43. The molecule has 0 unspecified atom stereocenters. The molecule has 6 nitrogen and oxygen atoms in total. The Bertz CT molecular complexity index is 1160. The number of hydrogen-bond donors (Lipinski definition) is 0. The number of hydrogen-bond acceptors (Lipinski definition) is 4. The van der Waals surface area contributed by atoms with E-state index in [1.807, 2.05) is 48.7 Å². The second-order valence-electron chi connectivity index (χ2n) is 8.20. The van der Waals surface area contributed by atoms with Crippen LogP contribution in [0.2, 0.25) is 0 Å². The van der Waals surface area contributed by atoms with Crippen molar-refractivity contribution in [1.29, 1.82) is 0 Å². The van der Waals surface area contributed by atoms with Crippen LogP contribution in [0.5, 0.6) is 0 Å². The molecule has 2 aliphatic rings. The molecule has 0 spiro atoms. The lowest BCUT2D eigenvalue weighted by molar-refractivity contribution is 0.266. The van der Waals surface area contributed by atoms with E-state index in [0.717, 1.165) is 35.4 Å². The maximum Gasteiger partial charge on any atom is 0.236 e. The molecule has 5 rings (SSSR count). The lowest BCUT2D eigenvalue weighted by atomic mass is 9.84. The molecule has 0 radical (unpaired) electrons. The largest absolute Gasteiger partial charge is 0.309 e. The van der Waals surface area contributed by atoms with Gasteiger partial charge in [0.05, 0.1) is 0 Å². The van der Waals surface area contributed by atoms with Crippen LogP contribution < -0.4 is 0 Å². The van der Waals surface area contributed by atoms with Crippen molar-refractivity contribution >= 4 is 27.3 Å². The SMILES string of the molecule is O=S(=O)(C=Cc1ccccc1)N1CCC(n2c(C3CCC3)nc3cccnc32)CC1. The molecule has 7 heteroatoms. The number of nitrogens with zero attached hydrogens (tertiary/aromatic N) is 4. The Hall–Kier alpha value is -2.51. The molecule has 156 valence electrons. The predicted octanol–water partition coefficient (Wildman–Crippen LogP) is 4.34. The first kappa shape index (κ1) is 19.5. The molecule has 0 amide bonds. The van der Waals surface area contributed by atoms with Gasteiger partial charge in [0.1, 0.15) is 11.3 Å². The third-order valence-corrected chi connectivity index (χ3v) is 7.89. The van der Waals surface area contributed by atoms with Gasteiger partial charge in [0.2, 0.25) is 10.0 Å². The summed E-state index contributed by atoms with van der Waals surface area (Å²) in [5.41, 5.74) is 2.77. The van der Waals surface area contributed by atoms with E-state index in [1.165, 1.54) is 24.7 Å². The average molecular weight is 423 g/mol. The van der Waals surface area contributed by atoms with Crippen LogP contribution in [-0.4, -0.2) is 40.3 Å². The van der Waals surface area contributed by atoms with Crippen molar-refractivity contribution < 1.29 is 8.42 Å². The number of imidazole rings is 1. The monoisotopic (exact) mass is 422 g/mol. The van der Waals surface area contributed by atoms with Crippen LogP contribution in [0, 0.1) is 0 Å². The van der Waals surface area contributed by atoms with Crippen molar-refractivity contribution in [2.24, 2.45) is 0 Å². The Morgan fingerprint density at radius 2 is 1.73 bits per heavy atom. The van der Waals surface area contributed by atoms with E-state index in [2.05, 4.69) is 9.55 Å². The maximum absolute atomic E-state index is 12.8. The molecular weight excluding hydrogens is 396 g/mol. The summed E-state index contributed by atoms with van der Waals surface area (Å²) in [7, 11) is -3.42. The zero-order valence-corrected chi connectivity index (χ0v) is 17.7. The standard InChI is InChI=1S/C23H26N4O2S/c28-30(29,17-13-18-6-2-1-3-7-18)26-15-11-20(12-16-26)27-22(19-8-4-9-19)25-21-10-5-14-24-23(21)27/h1-3,5-7,10,13-14,17,19-20H,4,8-9,11-12,15-16H2. The molecule has 1 aliphatic carbocycles. The zero-order valence-electron chi connectivity index (χ0n) is 16.9. The molecule has 3 heterocycles. The van der Waals surface area contributed by atoms with Crippen LogP contribution in [0.4, 0.5) is 0 Å². The van der Waals surface area contributed by atoms with Gasteiger partial charge < -0.3 is 4.57 Å². The number of rotatable bonds is 5. The third-order valence-electron chi connectivity index (χ3n) is 6.33. The molecule has 1 aromatic carbocycles. The summed E-state index contributed by atoms with van der Waals surface area (Å²) in [5.74, 6) is 1.65. The van der Waals surface area contributed by atoms with Gasteiger partial charge >= 0.3 is 0 Å². The number of sulfonamides is 1. The molecule has 1 saturated carbocycles. The van der Waals surface area contributed by atoms with E-state index >= 15 is 0 Å². The van der Waals surface area contributed by atoms with E-state index < -0.39 is 10.0 Å². The Morgan fingerprint density at radius 3 is 2.43 bits per heavy atom. The van der Waals surface area contributed by atoms with Crippen LogP contribution in [0.25, 0.3) is 17.2 Å². The Kier molecular flexibility index (Phi) is 5.16. The topological polar surface area (TPSA) is 68.1 Å². The normalized spacial score (nSPS) is 19.5. The number of fused-ring (bicyclic) bond motifs is 1. The zero-order chi connectivity index (χ0) is 20.6. The molecule has 30 heavy (non-hydrogen) atoms. The molecule has 0 bridgehead atoms. The Balaban J connectivity index is 1.34. The first-order valence-electron chi connectivity index (χ1n) is 10.7. The Labute approximate surface area is 177 Å². The summed E-state index contributed by atoms with van der Waals surface area (Å²) in [6.07, 6.45) is 8.66. The lowest BCUT2D eigenvalue weighted by Gasteiger charge is -2.34. The quantitative estimate of drug-likeness (QED) is 0.613. The highest BCUT2D eigenvalue weighted by Crippen LogP contribution is 2.40. The summed E-state index contributed by atoms with van der Waals surface area (Å²) >= 11 is 0. The maximum atomic E-state index is 12.8. The van der Waals surface area contributed by atoms with E-state index in [0.29, 0.717) is 19.0 Å². The molecule has 3 aromatic rings. The first-order valence-corrected chi connectivity index (χ1v) is 12.2. The molecule has 2 fully saturated rings. The second-order valence-corrected chi connectivity index (χ2v) is 10.0. The highest BCUT2D eigenvalue weighted by Gasteiger charge is 2.32. The number of pyridine rings is 1. The molecule has 2 aromatic heterocycles. The van der Waals surface area contributed by atoms with Crippen molar-refractivity contribution in [3.63, 3.8) is 0 Å². The highest BCUT2D eigenvalue weighted by atomic mass is 32.2. The summed E-state index contributed by atoms with van der Waals surface area (Å²) in [4.78, 5) is 9.50. The van der Waals surface area contributed by atoms with Crippen molar-refractivity contribution in [2.75, 3.05) is 13.1 Å². The van der Waals surface area contributed by atoms with Crippen LogP contribution >= 0.6 is 0 Å². The van der Waals surface area contributed by atoms with Crippen molar-refractivity contribution in [3.05, 3.63) is 65.5 Å². The van der Waals surface area contributed by atoms with Crippen LogP contribution in [0.1, 0.15) is 55.5 Å². The summed E-state index contributed by atoms with van der Waals surface area (Å²) in [6.45, 7) is 1.03. The van der Waals surface area contributed by atoms with E-state index in [-0.39, 0.29) is 6.04 Å². The van der Waals surface area contributed by atoms with Gasteiger partial charge in [-0.05, 0) is 49.5 Å². The van der Waals surface area contributed by atoms with Gasteiger partial charge in [-0.2, -0.15) is 4.31 Å². The predicted molar refractivity (Wildman–Crippen MR) is 118 cm³/mol. The summed E-state index contributed by atoms with van der Waals surface area (Å²) < 4.78 is 29.5. The molecule has 0 N–H and O–H groups in total. The summed E-state index contributed by atoms with van der Waals surface area (Å²) in [6, 6.07) is 13.7. The van der Waals surface area contributed by atoms with Crippen LogP contribution in [0.15, 0.2) is 54.1 Å². The fraction of sp³-hybridized carbons (Fsp3) is 0.391. The van der Waals surface area contributed by atoms with Crippen molar-refractivity contribution in [2.45, 2.75) is 44.1 Å². The molecular formula is C23H26N4O2S. The summed E-state index contributed by atoms with van der Waals surface area (Å²) in [5, 5.41) is 1.33.